The molecule has 2 aliphatic rings. The molecule has 25 heavy (non-hydrogen) atoms. The zero-order chi connectivity index (χ0) is 18.4. The molecular weight excluding hydrogens is 348 g/mol. The van der Waals surface area contributed by atoms with Crippen LogP contribution >= 0.6 is 0 Å². The molecule has 9 heteroatoms. The van der Waals surface area contributed by atoms with Crippen LogP contribution in [0.4, 0.5) is 0 Å². The van der Waals surface area contributed by atoms with Crippen molar-refractivity contribution in [2.45, 2.75) is 44.2 Å². The SMILES string of the molecule is CC1(C)CC1CNC(=O)C1CCCN1S(=O)(=O)c1ccc(C(=O)O)o1. The van der Waals surface area contributed by atoms with Gasteiger partial charge in [-0.25, -0.2) is 13.2 Å². The van der Waals surface area contributed by atoms with Gasteiger partial charge in [-0.3, -0.25) is 4.79 Å². The maximum absolute atomic E-state index is 12.7. The van der Waals surface area contributed by atoms with Crippen molar-refractivity contribution in [1.82, 2.24) is 9.62 Å². The van der Waals surface area contributed by atoms with Gasteiger partial charge in [0.15, 0.2) is 0 Å². The predicted molar refractivity (Wildman–Crippen MR) is 87.5 cm³/mol. The van der Waals surface area contributed by atoms with Gasteiger partial charge in [-0.2, -0.15) is 4.31 Å². The van der Waals surface area contributed by atoms with Crippen molar-refractivity contribution in [2.24, 2.45) is 11.3 Å². The molecule has 1 aromatic heterocycles. The summed E-state index contributed by atoms with van der Waals surface area (Å²) in [5.41, 5.74) is 0.232. The molecule has 2 unspecified atom stereocenters. The molecule has 1 saturated heterocycles. The summed E-state index contributed by atoms with van der Waals surface area (Å²) in [6.45, 7) is 5.01. The molecule has 1 aliphatic heterocycles. The Kier molecular flexibility index (Phi) is 4.40. The topological polar surface area (TPSA) is 117 Å². The minimum atomic E-state index is -4.05. The van der Waals surface area contributed by atoms with E-state index >= 15 is 0 Å². The number of carboxylic acid groups (broad SMARTS) is 1. The van der Waals surface area contributed by atoms with Crippen molar-refractivity contribution >= 4 is 21.9 Å². The lowest BCUT2D eigenvalue weighted by Gasteiger charge is -2.22. The van der Waals surface area contributed by atoms with Gasteiger partial charge in [-0.15, -0.1) is 0 Å². The summed E-state index contributed by atoms with van der Waals surface area (Å²) in [5.74, 6) is -1.68. The van der Waals surface area contributed by atoms with E-state index in [9.17, 15) is 18.0 Å². The van der Waals surface area contributed by atoms with Crippen molar-refractivity contribution in [1.29, 1.82) is 0 Å². The Balaban J connectivity index is 1.71. The molecule has 1 aromatic rings. The summed E-state index contributed by atoms with van der Waals surface area (Å²) in [6.07, 6.45) is 2.05. The minimum Gasteiger partial charge on any atom is -0.475 e. The number of nitrogens with one attached hydrogen (secondary N) is 1. The Morgan fingerprint density at radius 1 is 1.40 bits per heavy atom. The number of carbonyl (C=O) groups is 2. The van der Waals surface area contributed by atoms with Crippen LogP contribution in [0, 0.1) is 11.3 Å². The van der Waals surface area contributed by atoms with Gasteiger partial charge in [0.2, 0.25) is 16.8 Å². The van der Waals surface area contributed by atoms with E-state index in [-0.39, 0.29) is 17.9 Å². The summed E-state index contributed by atoms with van der Waals surface area (Å²) < 4.78 is 31.4. The summed E-state index contributed by atoms with van der Waals surface area (Å²) in [6, 6.07) is 1.42. The summed E-state index contributed by atoms with van der Waals surface area (Å²) in [5, 5.41) is 11.3. The van der Waals surface area contributed by atoms with Gasteiger partial charge in [0.1, 0.15) is 6.04 Å². The van der Waals surface area contributed by atoms with Crippen LogP contribution in [-0.2, 0) is 14.8 Å². The van der Waals surface area contributed by atoms with E-state index in [4.69, 9.17) is 9.52 Å². The van der Waals surface area contributed by atoms with Crippen molar-refractivity contribution in [3.05, 3.63) is 17.9 Å². The summed E-state index contributed by atoms with van der Waals surface area (Å²) >= 11 is 0. The van der Waals surface area contributed by atoms with Crippen molar-refractivity contribution in [2.75, 3.05) is 13.1 Å². The molecule has 0 bridgehead atoms. The number of furan rings is 1. The van der Waals surface area contributed by atoms with Crippen molar-refractivity contribution in [3.8, 4) is 0 Å². The average molecular weight is 370 g/mol. The molecule has 2 N–H and O–H groups in total. The smallest absolute Gasteiger partial charge is 0.371 e. The second kappa shape index (κ2) is 6.14. The normalized spacial score (nSPS) is 25.7. The van der Waals surface area contributed by atoms with E-state index in [1.165, 1.54) is 0 Å². The molecule has 2 heterocycles. The molecule has 0 radical (unpaired) electrons. The second-order valence-electron chi connectivity index (χ2n) is 7.33. The number of nitrogens with zero attached hydrogens (tertiary/aromatic N) is 1. The van der Waals surface area contributed by atoms with Gasteiger partial charge in [0.05, 0.1) is 0 Å². The standard InChI is InChI=1S/C16H22N2O6S/c1-16(2)8-10(16)9-17-14(19)11-4-3-7-18(11)25(22,23)13-6-5-12(24-13)15(20)21/h5-6,10-11H,3-4,7-9H2,1-2H3,(H,17,19)(H,20,21). The predicted octanol–water partition coefficient (Wildman–Crippen LogP) is 1.29. The summed E-state index contributed by atoms with van der Waals surface area (Å²) in [4.78, 5) is 23.3. The Hall–Kier alpha value is -1.87. The Morgan fingerprint density at radius 3 is 2.64 bits per heavy atom. The van der Waals surface area contributed by atoms with Crippen LogP contribution in [0.2, 0.25) is 0 Å². The first-order chi connectivity index (χ1) is 11.6. The second-order valence-corrected chi connectivity index (χ2v) is 9.15. The van der Waals surface area contributed by atoms with Crippen molar-refractivity contribution < 1.29 is 27.5 Å². The monoisotopic (exact) mass is 370 g/mol. The molecule has 1 aliphatic carbocycles. The molecule has 2 fully saturated rings. The highest BCUT2D eigenvalue weighted by atomic mass is 32.2. The fraction of sp³-hybridized carbons (Fsp3) is 0.625. The van der Waals surface area contributed by atoms with Gasteiger partial charge in [-0.05, 0) is 42.7 Å². The first-order valence-corrected chi connectivity index (χ1v) is 9.69. The van der Waals surface area contributed by atoms with Gasteiger partial charge in [0.25, 0.3) is 10.0 Å². The van der Waals surface area contributed by atoms with Gasteiger partial charge < -0.3 is 14.8 Å². The van der Waals surface area contributed by atoms with Crippen molar-refractivity contribution in [3.63, 3.8) is 0 Å². The van der Waals surface area contributed by atoms with Crippen LogP contribution in [0.3, 0.4) is 0 Å². The van der Waals surface area contributed by atoms with E-state index in [0.29, 0.717) is 25.3 Å². The maximum Gasteiger partial charge on any atom is 0.371 e. The average Bonchev–Trinajstić information content (AvgIpc) is 3.00. The molecule has 1 amide bonds. The quantitative estimate of drug-likeness (QED) is 0.779. The number of carbonyl (C=O) groups excluding carboxylic acids is 1. The van der Waals surface area contributed by atoms with Gasteiger partial charge in [0, 0.05) is 13.1 Å². The number of hydrogen-bond donors (Lipinski definition) is 2. The third-order valence-corrected chi connectivity index (χ3v) is 6.88. The number of amides is 1. The Morgan fingerprint density at radius 2 is 2.08 bits per heavy atom. The van der Waals surface area contributed by atoms with Crippen LogP contribution in [0.25, 0.3) is 0 Å². The van der Waals surface area contributed by atoms with Crippen LogP contribution in [0.15, 0.2) is 21.6 Å². The number of rotatable bonds is 6. The molecule has 2 atom stereocenters. The largest absolute Gasteiger partial charge is 0.475 e. The number of aromatic carboxylic acids is 1. The number of hydrogen-bond acceptors (Lipinski definition) is 5. The Bertz CT molecular complexity index is 797. The van der Waals surface area contributed by atoms with Crippen LogP contribution in [0.1, 0.15) is 43.7 Å². The highest BCUT2D eigenvalue weighted by Gasteiger charge is 2.46. The minimum absolute atomic E-state index is 0.207. The zero-order valence-corrected chi connectivity index (χ0v) is 15.0. The molecule has 0 spiro atoms. The highest BCUT2D eigenvalue weighted by molar-refractivity contribution is 7.89. The molecule has 3 rings (SSSR count). The first kappa shape index (κ1) is 17.9. The van der Waals surface area contributed by atoms with Crippen LogP contribution in [-0.4, -0.2) is 48.8 Å². The molecule has 1 saturated carbocycles. The van der Waals surface area contributed by atoms with E-state index in [2.05, 4.69) is 19.2 Å². The fourth-order valence-electron chi connectivity index (χ4n) is 3.25. The highest BCUT2D eigenvalue weighted by Crippen LogP contribution is 2.51. The molecule has 8 nitrogen and oxygen atoms in total. The van der Waals surface area contributed by atoms with Crippen LogP contribution in [0.5, 0.6) is 0 Å². The van der Waals surface area contributed by atoms with Crippen LogP contribution < -0.4 is 5.32 Å². The zero-order valence-electron chi connectivity index (χ0n) is 14.2. The van der Waals surface area contributed by atoms with Gasteiger partial charge in [-0.1, -0.05) is 13.8 Å². The lowest BCUT2D eigenvalue weighted by Crippen LogP contribution is -2.46. The van der Waals surface area contributed by atoms with E-state index < -0.39 is 32.9 Å². The van der Waals surface area contributed by atoms with E-state index in [1.807, 2.05) is 0 Å². The number of carboxylic acids is 1. The van der Waals surface area contributed by atoms with Gasteiger partial charge >= 0.3 is 5.97 Å². The van der Waals surface area contributed by atoms with E-state index in [1.54, 1.807) is 0 Å². The van der Waals surface area contributed by atoms with E-state index in [0.717, 1.165) is 22.9 Å². The molecule has 0 aromatic carbocycles. The third kappa shape index (κ3) is 3.43. The molecular formula is C16H22N2O6S. The third-order valence-electron chi connectivity index (χ3n) is 5.10. The molecule has 138 valence electrons. The summed E-state index contributed by atoms with van der Waals surface area (Å²) in [7, 11) is -4.05. The lowest BCUT2D eigenvalue weighted by atomic mass is 10.1. The maximum atomic E-state index is 12.7. The first-order valence-electron chi connectivity index (χ1n) is 8.25. The number of sulfonamides is 1. The lowest BCUT2D eigenvalue weighted by molar-refractivity contribution is -0.124. The Labute approximate surface area is 146 Å². The fourth-order valence-corrected chi connectivity index (χ4v) is 4.82.